The molecule has 1 rings (SSSR count). The zero-order valence-corrected chi connectivity index (χ0v) is 9.39. The van der Waals surface area contributed by atoms with Gasteiger partial charge in [-0.25, -0.2) is 0 Å². The summed E-state index contributed by atoms with van der Waals surface area (Å²) in [4.78, 5) is 11.7. The van der Waals surface area contributed by atoms with E-state index in [1.54, 1.807) is 7.11 Å². The number of rotatable bonds is 2. The van der Waals surface area contributed by atoms with Crippen molar-refractivity contribution in [3.05, 3.63) is 0 Å². The van der Waals surface area contributed by atoms with Crippen LogP contribution in [0.25, 0.3) is 0 Å². The highest BCUT2D eigenvalue weighted by Crippen LogP contribution is 2.10. The van der Waals surface area contributed by atoms with Crippen LogP contribution < -0.4 is 10.6 Å². The fourth-order valence-corrected chi connectivity index (χ4v) is 1.54. The third-order valence-electron chi connectivity index (χ3n) is 2.24. The molecule has 1 heterocycles. The molecule has 0 spiro atoms. The van der Waals surface area contributed by atoms with Gasteiger partial charge >= 0.3 is 0 Å². The number of hydrogen-bond acceptors (Lipinski definition) is 3. The van der Waals surface area contributed by atoms with Crippen molar-refractivity contribution in [2.45, 2.75) is 44.9 Å². The van der Waals surface area contributed by atoms with Crippen molar-refractivity contribution < 1.29 is 9.53 Å². The predicted molar refractivity (Wildman–Crippen MR) is 55.1 cm³/mol. The quantitative estimate of drug-likeness (QED) is 0.673. The summed E-state index contributed by atoms with van der Waals surface area (Å²) in [6.07, 6.45) is 0.934. The first-order valence-corrected chi connectivity index (χ1v) is 5.00. The van der Waals surface area contributed by atoms with Crippen LogP contribution in [-0.4, -0.2) is 37.2 Å². The second kappa shape index (κ2) is 4.28. The molecular weight excluding hydrogens is 180 g/mol. The summed E-state index contributed by atoms with van der Waals surface area (Å²) in [6.45, 7) is 6.70. The first-order chi connectivity index (χ1) is 6.42. The Kier molecular flexibility index (Phi) is 3.50. The first kappa shape index (κ1) is 11.5. The molecule has 0 aromatic heterocycles. The van der Waals surface area contributed by atoms with Gasteiger partial charge in [0.15, 0.2) is 0 Å². The van der Waals surface area contributed by atoms with E-state index in [4.69, 9.17) is 4.74 Å². The Balaban J connectivity index is 2.40. The Bertz CT molecular complexity index is 211. The van der Waals surface area contributed by atoms with E-state index in [0.29, 0.717) is 0 Å². The van der Waals surface area contributed by atoms with Crippen LogP contribution in [0.15, 0.2) is 0 Å². The van der Waals surface area contributed by atoms with Gasteiger partial charge < -0.3 is 15.4 Å². The first-order valence-electron chi connectivity index (χ1n) is 5.00. The molecule has 1 fully saturated rings. The Morgan fingerprint density at radius 1 is 1.50 bits per heavy atom. The van der Waals surface area contributed by atoms with Gasteiger partial charge in [-0.15, -0.1) is 0 Å². The minimum Gasteiger partial charge on any atom is -0.380 e. The lowest BCUT2D eigenvalue weighted by atomic mass is 10.1. The molecule has 0 aromatic carbocycles. The summed E-state index contributed by atoms with van der Waals surface area (Å²) in [6, 6.07) is -0.0980. The minimum atomic E-state index is -0.163. The number of nitrogens with one attached hydrogen (secondary N) is 2. The second-order valence-corrected chi connectivity index (χ2v) is 4.79. The van der Waals surface area contributed by atoms with Gasteiger partial charge in [-0.3, -0.25) is 4.79 Å². The summed E-state index contributed by atoms with van der Waals surface area (Å²) in [7, 11) is 1.68. The van der Waals surface area contributed by atoms with Crippen LogP contribution in [0.5, 0.6) is 0 Å². The molecule has 2 N–H and O–H groups in total. The Hall–Kier alpha value is -0.610. The molecule has 82 valence electrons. The molecule has 4 nitrogen and oxygen atoms in total. The summed E-state index contributed by atoms with van der Waals surface area (Å²) in [5.41, 5.74) is -0.163. The van der Waals surface area contributed by atoms with E-state index in [-0.39, 0.29) is 23.6 Å². The summed E-state index contributed by atoms with van der Waals surface area (Å²) in [5, 5.41) is 6.09. The standard InChI is InChI=1S/C10H20N2O2/c1-10(2,3)12-9(13)8-5-7(14-4)6-11-8/h7-8,11H,5-6H2,1-4H3,(H,12,13). The Morgan fingerprint density at radius 2 is 2.14 bits per heavy atom. The van der Waals surface area contributed by atoms with Crippen molar-refractivity contribution in [2.75, 3.05) is 13.7 Å². The van der Waals surface area contributed by atoms with Crippen molar-refractivity contribution in [2.24, 2.45) is 0 Å². The maximum atomic E-state index is 11.7. The van der Waals surface area contributed by atoms with Gasteiger partial charge in [-0.2, -0.15) is 0 Å². The van der Waals surface area contributed by atoms with Crippen LogP contribution in [-0.2, 0) is 9.53 Å². The molecule has 2 atom stereocenters. The van der Waals surface area contributed by atoms with Gasteiger partial charge in [-0.1, -0.05) is 0 Å². The van der Waals surface area contributed by atoms with E-state index in [9.17, 15) is 4.79 Å². The van der Waals surface area contributed by atoms with Crippen molar-refractivity contribution in [3.8, 4) is 0 Å². The van der Waals surface area contributed by atoms with Gasteiger partial charge in [-0.05, 0) is 27.2 Å². The van der Waals surface area contributed by atoms with E-state index >= 15 is 0 Å². The van der Waals surface area contributed by atoms with Crippen molar-refractivity contribution >= 4 is 5.91 Å². The molecule has 0 aliphatic carbocycles. The molecule has 1 saturated heterocycles. The number of methoxy groups -OCH3 is 1. The number of amides is 1. The van der Waals surface area contributed by atoms with Gasteiger partial charge in [0.1, 0.15) is 0 Å². The molecule has 1 aliphatic rings. The Labute approximate surface area is 85.4 Å². The smallest absolute Gasteiger partial charge is 0.237 e. The topological polar surface area (TPSA) is 50.4 Å². The van der Waals surface area contributed by atoms with Crippen LogP contribution in [0.1, 0.15) is 27.2 Å². The average molecular weight is 200 g/mol. The van der Waals surface area contributed by atoms with Gasteiger partial charge in [0.05, 0.1) is 12.1 Å². The molecule has 1 aliphatic heterocycles. The van der Waals surface area contributed by atoms with E-state index in [0.717, 1.165) is 13.0 Å². The second-order valence-electron chi connectivity index (χ2n) is 4.79. The molecular formula is C10H20N2O2. The number of carbonyl (C=O) groups excluding carboxylic acids is 1. The third-order valence-corrected chi connectivity index (χ3v) is 2.24. The van der Waals surface area contributed by atoms with E-state index in [1.165, 1.54) is 0 Å². The lowest BCUT2D eigenvalue weighted by Gasteiger charge is -2.23. The molecule has 14 heavy (non-hydrogen) atoms. The summed E-state index contributed by atoms with van der Waals surface area (Å²) < 4.78 is 5.18. The van der Waals surface area contributed by atoms with Crippen molar-refractivity contribution in [3.63, 3.8) is 0 Å². The van der Waals surface area contributed by atoms with E-state index in [2.05, 4.69) is 10.6 Å². The lowest BCUT2D eigenvalue weighted by Crippen LogP contribution is -2.48. The fraction of sp³-hybridized carbons (Fsp3) is 0.900. The lowest BCUT2D eigenvalue weighted by molar-refractivity contribution is -0.124. The number of hydrogen-bond donors (Lipinski definition) is 2. The molecule has 4 heteroatoms. The average Bonchev–Trinajstić information content (AvgIpc) is 2.48. The Morgan fingerprint density at radius 3 is 2.57 bits per heavy atom. The summed E-state index contributed by atoms with van der Waals surface area (Å²) >= 11 is 0. The molecule has 0 aromatic rings. The van der Waals surface area contributed by atoms with Crippen LogP contribution in [0.2, 0.25) is 0 Å². The summed E-state index contributed by atoms with van der Waals surface area (Å²) in [5.74, 6) is 0.0667. The zero-order chi connectivity index (χ0) is 10.8. The normalized spacial score (nSPS) is 27.7. The van der Waals surface area contributed by atoms with Crippen molar-refractivity contribution in [1.82, 2.24) is 10.6 Å². The largest absolute Gasteiger partial charge is 0.380 e. The fourth-order valence-electron chi connectivity index (χ4n) is 1.54. The third kappa shape index (κ3) is 3.27. The van der Waals surface area contributed by atoms with Gasteiger partial charge in [0, 0.05) is 19.2 Å². The number of carbonyl (C=O) groups is 1. The van der Waals surface area contributed by atoms with Crippen molar-refractivity contribution in [1.29, 1.82) is 0 Å². The number of ether oxygens (including phenoxy) is 1. The molecule has 0 saturated carbocycles. The monoisotopic (exact) mass is 200 g/mol. The van der Waals surface area contributed by atoms with Gasteiger partial charge in [0.25, 0.3) is 0 Å². The minimum absolute atomic E-state index is 0.0667. The van der Waals surface area contributed by atoms with E-state index in [1.807, 2.05) is 20.8 Å². The highest BCUT2D eigenvalue weighted by Gasteiger charge is 2.30. The SMILES string of the molecule is COC1CNC(C(=O)NC(C)(C)C)C1. The maximum absolute atomic E-state index is 11.7. The molecule has 2 unspecified atom stereocenters. The van der Waals surface area contributed by atoms with Crippen LogP contribution in [0.4, 0.5) is 0 Å². The van der Waals surface area contributed by atoms with E-state index < -0.39 is 0 Å². The zero-order valence-electron chi connectivity index (χ0n) is 9.39. The van der Waals surface area contributed by atoms with Gasteiger partial charge in [0.2, 0.25) is 5.91 Å². The molecule has 0 radical (unpaired) electrons. The highest BCUT2D eigenvalue weighted by atomic mass is 16.5. The van der Waals surface area contributed by atoms with Crippen LogP contribution in [0, 0.1) is 0 Å². The van der Waals surface area contributed by atoms with Crippen LogP contribution >= 0.6 is 0 Å². The molecule has 0 bridgehead atoms. The maximum Gasteiger partial charge on any atom is 0.237 e. The molecule has 1 amide bonds. The highest BCUT2D eigenvalue weighted by molar-refractivity contribution is 5.82. The van der Waals surface area contributed by atoms with Crippen LogP contribution in [0.3, 0.4) is 0 Å². The predicted octanol–water partition coefficient (Wildman–Crippen LogP) is 0.278.